The second-order valence-electron chi connectivity index (χ2n) is 5.22. The van der Waals surface area contributed by atoms with Crippen LogP contribution < -0.4 is 0 Å². The Kier molecular flexibility index (Phi) is 3.84. The van der Waals surface area contributed by atoms with Crippen molar-refractivity contribution in [3.63, 3.8) is 0 Å². The van der Waals surface area contributed by atoms with Crippen LogP contribution in [-0.4, -0.2) is 39.2 Å². The van der Waals surface area contributed by atoms with Gasteiger partial charge in [-0.25, -0.2) is 0 Å². The smallest absolute Gasteiger partial charge is 0.295 e. The van der Waals surface area contributed by atoms with E-state index in [2.05, 4.69) is 10.1 Å². The van der Waals surface area contributed by atoms with Gasteiger partial charge in [0.15, 0.2) is 0 Å². The summed E-state index contributed by atoms with van der Waals surface area (Å²) in [5.41, 5.74) is 1.54. The highest BCUT2D eigenvalue weighted by Crippen LogP contribution is 2.41. The Hall–Kier alpha value is -1.63. The van der Waals surface area contributed by atoms with Crippen molar-refractivity contribution in [3.8, 4) is 0 Å². The van der Waals surface area contributed by atoms with E-state index in [0.717, 1.165) is 11.1 Å². The molecule has 0 fully saturated rings. The molecule has 0 saturated heterocycles. The summed E-state index contributed by atoms with van der Waals surface area (Å²) in [5, 5.41) is 14.9. The molecule has 2 aromatic rings. The average Bonchev–Trinajstić information content (AvgIpc) is 3.01. The van der Waals surface area contributed by atoms with Gasteiger partial charge in [0.05, 0.1) is 12.1 Å². The van der Waals surface area contributed by atoms with E-state index < -0.39 is 18.1 Å². The van der Waals surface area contributed by atoms with Gasteiger partial charge in [-0.05, 0) is 23.3 Å². The normalized spacial score (nSPS) is 20.0. The lowest BCUT2D eigenvalue weighted by atomic mass is 10.1. The van der Waals surface area contributed by atoms with Crippen molar-refractivity contribution in [1.82, 2.24) is 15.0 Å². The number of hydrogen-bond acceptors (Lipinski definition) is 5. The van der Waals surface area contributed by atoms with E-state index in [1.807, 2.05) is 0 Å². The number of likely N-dealkylation sites (N-methyl/N-ethyl adjacent to an activating group) is 1. The first-order valence-electron chi connectivity index (χ1n) is 6.62. The number of fused-ring (bicyclic) bond motifs is 1. The number of aliphatic hydroxyl groups excluding tert-OH is 1. The van der Waals surface area contributed by atoms with Gasteiger partial charge in [-0.1, -0.05) is 28.4 Å². The van der Waals surface area contributed by atoms with Crippen LogP contribution in [0.15, 0.2) is 16.7 Å². The predicted octanol–water partition coefficient (Wildman–Crippen LogP) is 2.42. The first kappa shape index (κ1) is 15.3. The second kappa shape index (κ2) is 5.53. The molecule has 1 aliphatic carbocycles. The molecule has 22 heavy (non-hydrogen) atoms. The number of rotatable bonds is 2. The zero-order valence-corrected chi connectivity index (χ0v) is 13.4. The minimum Gasteiger partial charge on any atom is -0.390 e. The maximum absolute atomic E-state index is 12.4. The molecule has 0 bridgehead atoms. The highest BCUT2D eigenvalue weighted by atomic mass is 35.5. The highest BCUT2D eigenvalue weighted by molar-refractivity contribution is 6.35. The summed E-state index contributed by atoms with van der Waals surface area (Å²) >= 11 is 12.2. The second-order valence-corrected chi connectivity index (χ2v) is 6.07. The molecule has 116 valence electrons. The maximum Gasteiger partial charge on any atom is 0.295 e. The van der Waals surface area contributed by atoms with Gasteiger partial charge in [-0.3, -0.25) is 4.79 Å². The van der Waals surface area contributed by atoms with E-state index >= 15 is 0 Å². The molecule has 1 amide bonds. The van der Waals surface area contributed by atoms with Crippen molar-refractivity contribution in [2.75, 3.05) is 7.05 Å². The standard InChI is InChI=1S/C14H13Cl2N3O3/c1-6-17-13(18-22-6)14(21)19(2)12-9-3-7(15)4-10(16)8(9)5-11(12)20/h3-4,11-12,20H,5H2,1-2H3/t11-,12+/m1/s1. The zero-order chi connectivity index (χ0) is 16.0. The number of hydrogen-bond donors (Lipinski definition) is 1. The number of carbonyl (C=O) groups excluding carboxylic acids is 1. The van der Waals surface area contributed by atoms with Crippen LogP contribution in [0.25, 0.3) is 0 Å². The van der Waals surface area contributed by atoms with Crippen LogP contribution >= 0.6 is 23.2 Å². The van der Waals surface area contributed by atoms with Gasteiger partial charge in [0.25, 0.3) is 11.7 Å². The van der Waals surface area contributed by atoms with Crippen molar-refractivity contribution < 1.29 is 14.4 Å². The Bertz CT molecular complexity index is 747. The van der Waals surface area contributed by atoms with Gasteiger partial charge < -0.3 is 14.5 Å². The van der Waals surface area contributed by atoms with Crippen LogP contribution in [0.5, 0.6) is 0 Å². The molecule has 2 atom stereocenters. The summed E-state index contributed by atoms with van der Waals surface area (Å²) < 4.78 is 4.82. The molecule has 8 heteroatoms. The number of aryl methyl sites for hydroxylation is 1. The summed E-state index contributed by atoms with van der Waals surface area (Å²) in [6, 6.07) is 2.79. The number of aliphatic hydroxyl groups is 1. The third kappa shape index (κ3) is 2.47. The third-order valence-electron chi connectivity index (χ3n) is 3.75. The minimum atomic E-state index is -0.770. The van der Waals surface area contributed by atoms with E-state index in [0.29, 0.717) is 22.4 Å². The molecule has 0 unspecified atom stereocenters. The maximum atomic E-state index is 12.4. The SMILES string of the molecule is Cc1nc(C(=O)N(C)[C@H]2c3cc(Cl)cc(Cl)c3C[C@H]2O)no1. The fraction of sp³-hybridized carbons (Fsp3) is 0.357. The predicted molar refractivity (Wildman–Crippen MR) is 80.0 cm³/mol. The number of aromatic nitrogens is 2. The van der Waals surface area contributed by atoms with E-state index in [1.54, 1.807) is 26.1 Å². The van der Waals surface area contributed by atoms with Crippen LogP contribution in [0.2, 0.25) is 10.0 Å². The molecule has 1 aliphatic rings. The summed E-state index contributed by atoms with van der Waals surface area (Å²) in [7, 11) is 1.58. The number of nitrogens with zero attached hydrogens (tertiary/aromatic N) is 3. The fourth-order valence-corrected chi connectivity index (χ4v) is 3.35. The number of halogens is 2. The Morgan fingerprint density at radius 1 is 1.45 bits per heavy atom. The van der Waals surface area contributed by atoms with Gasteiger partial charge >= 0.3 is 0 Å². The molecule has 1 N–H and O–H groups in total. The van der Waals surface area contributed by atoms with Gasteiger partial charge in [-0.2, -0.15) is 4.98 Å². The molecule has 3 rings (SSSR count). The minimum absolute atomic E-state index is 0.0474. The molecular formula is C14H13Cl2N3O3. The molecule has 1 aromatic heterocycles. The van der Waals surface area contributed by atoms with Crippen molar-refractivity contribution in [2.24, 2.45) is 0 Å². The third-order valence-corrected chi connectivity index (χ3v) is 4.30. The van der Waals surface area contributed by atoms with Crippen molar-refractivity contribution in [3.05, 3.63) is 45.0 Å². The number of carbonyl (C=O) groups is 1. The molecule has 0 aliphatic heterocycles. The molecule has 0 radical (unpaired) electrons. The van der Waals surface area contributed by atoms with Crippen LogP contribution in [0.3, 0.4) is 0 Å². The Balaban J connectivity index is 1.97. The van der Waals surface area contributed by atoms with Gasteiger partial charge in [0.2, 0.25) is 5.89 Å². The van der Waals surface area contributed by atoms with E-state index in [-0.39, 0.29) is 5.82 Å². The zero-order valence-electron chi connectivity index (χ0n) is 11.9. The van der Waals surface area contributed by atoms with Crippen LogP contribution in [0.1, 0.15) is 33.7 Å². The summed E-state index contributed by atoms with van der Waals surface area (Å²) in [6.07, 6.45) is -0.410. The van der Waals surface area contributed by atoms with Gasteiger partial charge in [0.1, 0.15) is 0 Å². The Labute approximate surface area is 136 Å². The van der Waals surface area contributed by atoms with E-state index in [4.69, 9.17) is 27.7 Å². The van der Waals surface area contributed by atoms with Gasteiger partial charge in [0, 0.05) is 30.4 Å². The monoisotopic (exact) mass is 341 g/mol. The Morgan fingerprint density at radius 3 is 2.82 bits per heavy atom. The van der Waals surface area contributed by atoms with Crippen LogP contribution in [0, 0.1) is 6.92 Å². The topological polar surface area (TPSA) is 79.5 Å². The largest absolute Gasteiger partial charge is 0.390 e. The number of benzene rings is 1. The summed E-state index contributed by atoms with van der Waals surface area (Å²) in [6.45, 7) is 1.60. The fourth-order valence-electron chi connectivity index (χ4n) is 2.77. The molecule has 1 heterocycles. The summed E-state index contributed by atoms with van der Waals surface area (Å²) in [5.74, 6) is -0.186. The van der Waals surface area contributed by atoms with Crippen LogP contribution in [0.4, 0.5) is 0 Å². The lowest BCUT2D eigenvalue weighted by Crippen LogP contribution is -2.36. The lowest BCUT2D eigenvalue weighted by Gasteiger charge is -2.27. The number of amides is 1. The highest BCUT2D eigenvalue weighted by Gasteiger charge is 2.38. The van der Waals surface area contributed by atoms with Crippen molar-refractivity contribution in [2.45, 2.75) is 25.5 Å². The molecule has 0 spiro atoms. The van der Waals surface area contributed by atoms with Crippen LogP contribution in [-0.2, 0) is 6.42 Å². The van der Waals surface area contributed by atoms with E-state index in [9.17, 15) is 9.90 Å². The average molecular weight is 342 g/mol. The lowest BCUT2D eigenvalue weighted by molar-refractivity contribution is 0.0484. The first-order chi connectivity index (χ1) is 10.4. The van der Waals surface area contributed by atoms with Crippen molar-refractivity contribution in [1.29, 1.82) is 0 Å². The first-order valence-corrected chi connectivity index (χ1v) is 7.37. The molecule has 0 saturated carbocycles. The quantitative estimate of drug-likeness (QED) is 0.907. The summed E-state index contributed by atoms with van der Waals surface area (Å²) in [4.78, 5) is 17.7. The Morgan fingerprint density at radius 2 is 2.18 bits per heavy atom. The van der Waals surface area contributed by atoms with Gasteiger partial charge in [-0.15, -0.1) is 0 Å². The van der Waals surface area contributed by atoms with Crippen molar-refractivity contribution >= 4 is 29.1 Å². The molecule has 1 aromatic carbocycles. The molecule has 6 nitrogen and oxygen atoms in total. The molecular weight excluding hydrogens is 329 g/mol. The van der Waals surface area contributed by atoms with E-state index in [1.165, 1.54) is 4.90 Å².